The maximum Gasteiger partial charge on any atom is 0.323 e. The Morgan fingerprint density at radius 3 is 2.61 bits per heavy atom. The van der Waals surface area contributed by atoms with Crippen LogP contribution in [0.25, 0.3) is 0 Å². The highest BCUT2D eigenvalue weighted by atomic mass is 16.4. The summed E-state index contributed by atoms with van der Waals surface area (Å²) >= 11 is 0. The number of hydrogen-bond donors (Lipinski definition) is 2. The fourth-order valence-corrected chi connectivity index (χ4v) is 2.15. The van der Waals surface area contributed by atoms with Gasteiger partial charge >= 0.3 is 12.0 Å². The van der Waals surface area contributed by atoms with E-state index in [4.69, 9.17) is 10.8 Å². The van der Waals surface area contributed by atoms with Crippen molar-refractivity contribution in [3.05, 3.63) is 0 Å². The maximum absolute atomic E-state index is 12.2. The van der Waals surface area contributed by atoms with Gasteiger partial charge in [0.1, 0.15) is 12.6 Å². The second-order valence-corrected chi connectivity index (χ2v) is 4.35. The summed E-state index contributed by atoms with van der Waals surface area (Å²) in [5, 5.41) is 8.77. The summed E-state index contributed by atoms with van der Waals surface area (Å²) in [5.41, 5.74) is 5.23. The fraction of sp³-hybridized carbons (Fsp3) is 0.727. The van der Waals surface area contributed by atoms with Crippen molar-refractivity contribution in [2.45, 2.75) is 32.2 Å². The molecule has 1 saturated heterocycles. The van der Waals surface area contributed by atoms with Gasteiger partial charge in [-0.05, 0) is 19.3 Å². The Hall–Kier alpha value is -1.79. The van der Waals surface area contributed by atoms with Crippen molar-refractivity contribution in [2.75, 3.05) is 19.6 Å². The lowest BCUT2D eigenvalue weighted by molar-refractivity contribution is -0.137. The molecule has 7 heteroatoms. The van der Waals surface area contributed by atoms with Crippen LogP contribution in [0.3, 0.4) is 0 Å². The number of carboxylic acid groups (broad SMARTS) is 1. The van der Waals surface area contributed by atoms with E-state index in [1.807, 2.05) is 6.92 Å². The van der Waals surface area contributed by atoms with Gasteiger partial charge in [-0.2, -0.15) is 0 Å². The predicted molar refractivity (Wildman–Crippen MR) is 63.8 cm³/mol. The highest BCUT2D eigenvalue weighted by Gasteiger charge is 2.35. The first-order chi connectivity index (χ1) is 8.47. The second kappa shape index (κ2) is 6.23. The monoisotopic (exact) mass is 257 g/mol. The molecule has 1 aliphatic rings. The van der Waals surface area contributed by atoms with Crippen LogP contribution in [0.1, 0.15) is 26.2 Å². The molecule has 102 valence electrons. The Labute approximate surface area is 106 Å². The molecule has 7 nitrogen and oxygen atoms in total. The number of aliphatic carboxylic acids is 1. The molecule has 3 amide bonds. The lowest BCUT2D eigenvalue weighted by Crippen LogP contribution is -2.51. The molecular formula is C11H19N3O4. The zero-order valence-electron chi connectivity index (χ0n) is 10.5. The van der Waals surface area contributed by atoms with Gasteiger partial charge in [0.25, 0.3) is 0 Å². The molecule has 1 unspecified atom stereocenters. The molecule has 0 aliphatic carbocycles. The van der Waals surface area contributed by atoms with E-state index in [0.29, 0.717) is 32.4 Å². The zero-order valence-corrected chi connectivity index (χ0v) is 10.5. The zero-order chi connectivity index (χ0) is 13.7. The molecule has 1 fully saturated rings. The summed E-state index contributed by atoms with van der Waals surface area (Å²) in [6, 6.07) is -1.02. The first-order valence-corrected chi connectivity index (χ1v) is 6.04. The van der Waals surface area contributed by atoms with Crippen LogP contribution in [0.15, 0.2) is 0 Å². The predicted octanol–water partition coefficient (Wildman–Crippen LogP) is -0.147. The van der Waals surface area contributed by atoms with Crippen molar-refractivity contribution in [3.63, 3.8) is 0 Å². The van der Waals surface area contributed by atoms with Crippen molar-refractivity contribution >= 4 is 17.9 Å². The maximum atomic E-state index is 12.2. The minimum absolute atomic E-state index is 0.353. The minimum Gasteiger partial charge on any atom is -0.480 e. The quantitative estimate of drug-likeness (QED) is 0.714. The van der Waals surface area contributed by atoms with Crippen LogP contribution in [0.5, 0.6) is 0 Å². The van der Waals surface area contributed by atoms with Gasteiger partial charge in [-0.1, -0.05) is 6.92 Å². The lowest BCUT2D eigenvalue weighted by Gasteiger charge is -2.29. The van der Waals surface area contributed by atoms with Crippen molar-refractivity contribution < 1.29 is 19.5 Å². The first-order valence-electron chi connectivity index (χ1n) is 6.04. The minimum atomic E-state index is -1.06. The van der Waals surface area contributed by atoms with Crippen LogP contribution < -0.4 is 5.73 Å². The smallest absolute Gasteiger partial charge is 0.323 e. The van der Waals surface area contributed by atoms with Crippen molar-refractivity contribution in [1.82, 2.24) is 9.80 Å². The number of nitrogens with zero attached hydrogens (tertiary/aromatic N) is 2. The van der Waals surface area contributed by atoms with Gasteiger partial charge in [0.15, 0.2) is 0 Å². The van der Waals surface area contributed by atoms with Crippen LogP contribution in [-0.4, -0.2) is 58.5 Å². The molecule has 0 saturated carbocycles. The summed E-state index contributed by atoms with van der Waals surface area (Å²) in [6.07, 6.45) is 1.93. The van der Waals surface area contributed by atoms with Gasteiger partial charge in [-0.25, -0.2) is 4.79 Å². The number of carbonyl (C=O) groups excluding carboxylic acids is 2. The molecular weight excluding hydrogens is 238 g/mol. The largest absolute Gasteiger partial charge is 0.480 e. The summed E-state index contributed by atoms with van der Waals surface area (Å²) in [5.74, 6) is -1.60. The summed E-state index contributed by atoms with van der Waals surface area (Å²) in [6.45, 7) is 2.31. The Kier molecular flexibility index (Phi) is 4.94. The highest BCUT2D eigenvalue weighted by molar-refractivity contribution is 5.87. The van der Waals surface area contributed by atoms with Gasteiger partial charge in [-0.3, -0.25) is 9.59 Å². The number of rotatable bonds is 5. The third-order valence-electron chi connectivity index (χ3n) is 2.92. The van der Waals surface area contributed by atoms with Crippen LogP contribution in [0, 0.1) is 0 Å². The molecule has 1 aliphatic heterocycles. The molecule has 0 aromatic heterocycles. The number of carboxylic acids is 1. The number of primary amides is 1. The van der Waals surface area contributed by atoms with Crippen molar-refractivity contribution in [3.8, 4) is 0 Å². The molecule has 1 atom stereocenters. The van der Waals surface area contributed by atoms with Crippen LogP contribution in [0.2, 0.25) is 0 Å². The molecule has 0 spiro atoms. The average molecular weight is 257 g/mol. The number of likely N-dealkylation sites (tertiary alicyclic amines) is 1. The Bertz CT molecular complexity index is 345. The normalized spacial score (nSPS) is 18.7. The second-order valence-electron chi connectivity index (χ2n) is 4.35. The number of hydrogen-bond acceptors (Lipinski definition) is 3. The van der Waals surface area contributed by atoms with E-state index in [-0.39, 0.29) is 6.54 Å². The lowest BCUT2D eigenvalue weighted by atomic mass is 10.2. The summed E-state index contributed by atoms with van der Waals surface area (Å²) < 4.78 is 0. The number of nitrogens with two attached hydrogens (primary N) is 1. The molecule has 1 rings (SSSR count). The van der Waals surface area contributed by atoms with Crippen molar-refractivity contribution in [2.24, 2.45) is 5.73 Å². The Morgan fingerprint density at radius 2 is 2.11 bits per heavy atom. The van der Waals surface area contributed by atoms with Gasteiger partial charge in [0.05, 0.1) is 0 Å². The molecule has 0 bridgehead atoms. The molecule has 0 aromatic rings. The molecule has 18 heavy (non-hydrogen) atoms. The van der Waals surface area contributed by atoms with Crippen molar-refractivity contribution in [1.29, 1.82) is 0 Å². The number of amides is 3. The number of urea groups is 1. The molecule has 1 heterocycles. The van der Waals surface area contributed by atoms with E-state index in [9.17, 15) is 14.4 Å². The summed E-state index contributed by atoms with van der Waals surface area (Å²) in [7, 11) is 0. The van der Waals surface area contributed by atoms with Crippen LogP contribution in [-0.2, 0) is 9.59 Å². The third kappa shape index (κ3) is 3.35. The Morgan fingerprint density at radius 1 is 1.44 bits per heavy atom. The molecule has 3 N–H and O–H groups in total. The molecule has 0 aromatic carbocycles. The fourth-order valence-electron chi connectivity index (χ4n) is 2.15. The van der Waals surface area contributed by atoms with E-state index < -0.39 is 23.9 Å². The number of carbonyl (C=O) groups is 3. The van der Waals surface area contributed by atoms with Crippen LogP contribution >= 0.6 is 0 Å². The van der Waals surface area contributed by atoms with E-state index in [1.165, 1.54) is 9.80 Å². The average Bonchev–Trinajstić information content (AvgIpc) is 2.75. The SMILES string of the molecule is CCCN(CC(=O)O)C(=O)N1CCCC1C(N)=O. The molecule has 0 radical (unpaired) electrons. The Balaban J connectivity index is 2.75. The standard InChI is InChI=1S/C11H19N3O4/c1-2-5-13(7-9(15)16)11(18)14-6-3-4-8(14)10(12)17/h8H,2-7H2,1H3,(H2,12,17)(H,15,16). The van der Waals surface area contributed by atoms with E-state index in [0.717, 1.165) is 0 Å². The topological polar surface area (TPSA) is 104 Å². The highest BCUT2D eigenvalue weighted by Crippen LogP contribution is 2.18. The van der Waals surface area contributed by atoms with E-state index in [2.05, 4.69) is 0 Å². The van der Waals surface area contributed by atoms with Gasteiger partial charge in [0, 0.05) is 13.1 Å². The van der Waals surface area contributed by atoms with E-state index in [1.54, 1.807) is 0 Å². The van der Waals surface area contributed by atoms with Gasteiger partial charge in [0.2, 0.25) is 5.91 Å². The van der Waals surface area contributed by atoms with Gasteiger partial charge in [-0.15, -0.1) is 0 Å². The van der Waals surface area contributed by atoms with Crippen LogP contribution in [0.4, 0.5) is 4.79 Å². The summed E-state index contributed by atoms with van der Waals surface area (Å²) in [4.78, 5) is 36.7. The first kappa shape index (κ1) is 14.3. The van der Waals surface area contributed by atoms with Gasteiger partial charge < -0.3 is 20.6 Å². The third-order valence-corrected chi connectivity index (χ3v) is 2.92. The van der Waals surface area contributed by atoms with E-state index >= 15 is 0 Å².